The molecule has 0 spiro atoms. The van der Waals surface area contributed by atoms with E-state index in [-0.39, 0.29) is 10.6 Å². The first-order valence-corrected chi connectivity index (χ1v) is 8.61. The van der Waals surface area contributed by atoms with Gasteiger partial charge in [0.05, 0.1) is 23.6 Å². The summed E-state index contributed by atoms with van der Waals surface area (Å²) in [5.74, 6) is 0. The predicted molar refractivity (Wildman–Crippen MR) is 98.1 cm³/mol. The van der Waals surface area contributed by atoms with Crippen molar-refractivity contribution in [3.05, 3.63) is 51.5 Å². The Morgan fingerprint density at radius 1 is 1.20 bits per heavy atom. The Hall–Kier alpha value is -2.38. The number of halogens is 1. The molecule has 7 nitrogen and oxygen atoms in total. The standard InChI is InChI=1S/C17H19ClN6O/c1-22-14-4-2-3-12(13(14)9-20-22)11-23-5-7-24(8-6-23)15-10-19-21-17(25)16(15)18/h2-4,9-10H,5-8,11H2,1H3,(H,21,25). The van der Waals surface area contributed by atoms with E-state index in [2.05, 4.69) is 43.3 Å². The van der Waals surface area contributed by atoms with Gasteiger partial charge in [-0.2, -0.15) is 10.2 Å². The third kappa shape index (κ3) is 3.01. The molecule has 1 saturated heterocycles. The molecule has 1 aliphatic heterocycles. The number of rotatable bonds is 3. The maximum absolute atomic E-state index is 11.6. The van der Waals surface area contributed by atoms with Crippen LogP contribution in [0.5, 0.6) is 0 Å². The van der Waals surface area contributed by atoms with Crippen molar-refractivity contribution in [1.29, 1.82) is 0 Å². The molecule has 3 aromatic rings. The van der Waals surface area contributed by atoms with Crippen molar-refractivity contribution in [2.24, 2.45) is 7.05 Å². The minimum atomic E-state index is -0.343. The van der Waals surface area contributed by atoms with Crippen molar-refractivity contribution in [3.8, 4) is 0 Å². The molecule has 0 atom stereocenters. The zero-order valence-electron chi connectivity index (χ0n) is 13.9. The maximum Gasteiger partial charge on any atom is 0.285 e. The molecule has 130 valence electrons. The Bertz CT molecular complexity index is 957. The second kappa shape index (κ2) is 6.50. The van der Waals surface area contributed by atoms with Crippen LogP contribution in [-0.4, -0.2) is 51.1 Å². The Morgan fingerprint density at radius 3 is 2.80 bits per heavy atom. The highest BCUT2D eigenvalue weighted by Crippen LogP contribution is 2.23. The Kier molecular flexibility index (Phi) is 4.19. The van der Waals surface area contributed by atoms with Crippen LogP contribution in [0.25, 0.3) is 10.9 Å². The van der Waals surface area contributed by atoms with Crippen molar-refractivity contribution >= 4 is 28.2 Å². The van der Waals surface area contributed by atoms with Crippen LogP contribution in [0.1, 0.15) is 5.56 Å². The Labute approximate surface area is 149 Å². The van der Waals surface area contributed by atoms with E-state index in [9.17, 15) is 4.79 Å². The minimum Gasteiger partial charge on any atom is -0.366 e. The number of aryl methyl sites for hydroxylation is 1. The van der Waals surface area contributed by atoms with Crippen LogP contribution in [0, 0.1) is 0 Å². The molecule has 0 unspecified atom stereocenters. The van der Waals surface area contributed by atoms with E-state index in [0.29, 0.717) is 5.69 Å². The zero-order chi connectivity index (χ0) is 17.4. The van der Waals surface area contributed by atoms with Gasteiger partial charge in [-0.3, -0.25) is 14.4 Å². The highest BCUT2D eigenvalue weighted by Gasteiger charge is 2.21. The second-order valence-corrected chi connectivity index (χ2v) is 6.66. The molecular formula is C17H19ClN6O. The lowest BCUT2D eigenvalue weighted by molar-refractivity contribution is 0.250. The van der Waals surface area contributed by atoms with Gasteiger partial charge in [-0.15, -0.1) is 0 Å². The molecule has 2 aromatic heterocycles. The highest BCUT2D eigenvalue weighted by molar-refractivity contribution is 6.33. The molecule has 1 fully saturated rings. The van der Waals surface area contributed by atoms with Crippen molar-refractivity contribution in [2.45, 2.75) is 6.54 Å². The van der Waals surface area contributed by atoms with Crippen LogP contribution in [0.3, 0.4) is 0 Å². The number of anilines is 1. The van der Waals surface area contributed by atoms with E-state index < -0.39 is 0 Å². The smallest absolute Gasteiger partial charge is 0.285 e. The molecule has 0 bridgehead atoms. The molecule has 1 N–H and O–H groups in total. The predicted octanol–water partition coefficient (Wildman–Crippen LogP) is 1.63. The van der Waals surface area contributed by atoms with Gasteiger partial charge in [-0.25, -0.2) is 5.10 Å². The number of aromatic amines is 1. The summed E-state index contributed by atoms with van der Waals surface area (Å²) in [5.41, 5.74) is 2.80. The summed E-state index contributed by atoms with van der Waals surface area (Å²) >= 11 is 6.11. The zero-order valence-corrected chi connectivity index (χ0v) is 14.7. The van der Waals surface area contributed by atoms with Crippen LogP contribution in [-0.2, 0) is 13.6 Å². The third-order valence-corrected chi connectivity index (χ3v) is 5.13. The molecular weight excluding hydrogens is 340 g/mol. The van der Waals surface area contributed by atoms with Crippen LogP contribution in [0.2, 0.25) is 5.02 Å². The molecule has 0 radical (unpaired) electrons. The number of aromatic nitrogens is 4. The number of fused-ring (bicyclic) bond motifs is 1. The first-order chi connectivity index (χ1) is 12.1. The topological polar surface area (TPSA) is 70.1 Å². The first kappa shape index (κ1) is 16.1. The first-order valence-electron chi connectivity index (χ1n) is 8.23. The number of H-pyrrole nitrogens is 1. The summed E-state index contributed by atoms with van der Waals surface area (Å²) in [6, 6.07) is 6.33. The summed E-state index contributed by atoms with van der Waals surface area (Å²) in [6.45, 7) is 4.32. The van der Waals surface area contributed by atoms with E-state index in [1.54, 1.807) is 6.20 Å². The van der Waals surface area contributed by atoms with Gasteiger partial charge in [-0.05, 0) is 11.6 Å². The van der Waals surface area contributed by atoms with E-state index in [0.717, 1.165) is 38.2 Å². The number of nitrogens with one attached hydrogen (secondary N) is 1. The van der Waals surface area contributed by atoms with Gasteiger partial charge in [0, 0.05) is 45.2 Å². The monoisotopic (exact) mass is 358 g/mol. The van der Waals surface area contributed by atoms with Gasteiger partial charge >= 0.3 is 0 Å². The quantitative estimate of drug-likeness (QED) is 0.770. The molecule has 3 heterocycles. The fourth-order valence-electron chi connectivity index (χ4n) is 3.36. The van der Waals surface area contributed by atoms with E-state index in [4.69, 9.17) is 11.6 Å². The lowest BCUT2D eigenvalue weighted by atomic mass is 10.1. The number of benzene rings is 1. The average molecular weight is 359 g/mol. The number of hydrogen-bond acceptors (Lipinski definition) is 5. The summed E-state index contributed by atoms with van der Waals surface area (Å²) in [7, 11) is 1.96. The van der Waals surface area contributed by atoms with Crippen molar-refractivity contribution in [2.75, 3.05) is 31.1 Å². The third-order valence-electron chi connectivity index (χ3n) is 4.77. The van der Waals surface area contributed by atoms with Crippen LogP contribution < -0.4 is 10.5 Å². The molecule has 0 amide bonds. The molecule has 25 heavy (non-hydrogen) atoms. The average Bonchev–Trinajstić information content (AvgIpc) is 3.01. The van der Waals surface area contributed by atoms with Crippen LogP contribution in [0.4, 0.5) is 5.69 Å². The molecule has 0 saturated carbocycles. The number of hydrogen-bond donors (Lipinski definition) is 1. The summed E-state index contributed by atoms with van der Waals surface area (Å²) in [4.78, 5) is 16.1. The van der Waals surface area contributed by atoms with E-state index in [1.165, 1.54) is 10.9 Å². The van der Waals surface area contributed by atoms with Gasteiger partial charge < -0.3 is 4.90 Å². The lowest BCUT2D eigenvalue weighted by Crippen LogP contribution is -2.46. The van der Waals surface area contributed by atoms with Crippen molar-refractivity contribution < 1.29 is 0 Å². The lowest BCUT2D eigenvalue weighted by Gasteiger charge is -2.36. The highest BCUT2D eigenvalue weighted by atomic mass is 35.5. The summed E-state index contributed by atoms with van der Waals surface area (Å²) < 4.78 is 1.90. The maximum atomic E-state index is 11.6. The van der Waals surface area contributed by atoms with Crippen molar-refractivity contribution in [1.82, 2.24) is 24.9 Å². The van der Waals surface area contributed by atoms with Gasteiger partial charge in [0.1, 0.15) is 5.02 Å². The molecule has 4 rings (SSSR count). The van der Waals surface area contributed by atoms with Gasteiger partial charge in [0.2, 0.25) is 0 Å². The van der Waals surface area contributed by atoms with Crippen LogP contribution in [0.15, 0.2) is 35.4 Å². The molecule has 8 heteroatoms. The number of nitrogens with zero attached hydrogens (tertiary/aromatic N) is 5. The van der Waals surface area contributed by atoms with E-state index >= 15 is 0 Å². The molecule has 1 aromatic carbocycles. The fraction of sp³-hybridized carbons (Fsp3) is 0.353. The van der Waals surface area contributed by atoms with Crippen LogP contribution >= 0.6 is 11.6 Å². The summed E-state index contributed by atoms with van der Waals surface area (Å²) in [6.07, 6.45) is 3.55. The largest absolute Gasteiger partial charge is 0.366 e. The Morgan fingerprint density at radius 2 is 2.00 bits per heavy atom. The molecule has 0 aliphatic carbocycles. The second-order valence-electron chi connectivity index (χ2n) is 6.28. The van der Waals surface area contributed by atoms with Gasteiger partial charge in [0.25, 0.3) is 5.56 Å². The van der Waals surface area contributed by atoms with Gasteiger partial charge in [0.15, 0.2) is 0 Å². The van der Waals surface area contributed by atoms with Gasteiger partial charge in [-0.1, -0.05) is 23.7 Å². The normalized spacial score (nSPS) is 15.8. The van der Waals surface area contributed by atoms with Crippen molar-refractivity contribution in [3.63, 3.8) is 0 Å². The van der Waals surface area contributed by atoms with E-state index in [1.807, 2.05) is 17.9 Å². The fourth-order valence-corrected chi connectivity index (χ4v) is 3.57. The number of piperazine rings is 1. The minimum absolute atomic E-state index is 0.212. The summed E-state index contributed by atoms with van der Waals surface area (Å²) in [5, 5.41) is 12.0. The molecule has 1 aliphatic rings. The SMILES string of the molecule is Cn1ncc2c(CN3CCN(c4cn[nH]c(=O)c4Cl)CC3)cccc21. The Balaban J connectivity index is 1.47.